The second-order valence-electron chi connectivity index (χ2n) is 6.23. The summed E-state index contributed by atoms with van der Waals surface area (Å²) in [5, 5.41) is 8.70. The summed E-state index contributed by atoms with van der Waals surface area (Å²) in [5.41, 5.74) is 0.791. The van der Waals surface area contributed by atoms with Crippen LogP contribution >= 0.6 is 28.1 Å². The van der Waals surface area contributed by atoms with Crippen LogP contribution in [0.5, 0.6) is 11.5 Å². The number of benzene rings is 1. The van der Waals surface area contributed by atoms with E-state index in [1.165, 1.54) is 12.1 Å². The highest BCUT2D eigenvalue weighted by molar-refractivity contribution is 9.10. The first-order valence-electron chi connectivity index (χ1n) is 8.74. The fourth-order valence-electron chi connectivity index (χ4n) is 2.78. The van der Waals surface area contributed by atoms with Crippen molar-refractivity contribution >= 4 is 50.6 Å². The SMILES string of the molecule is FC(F)(F)Oc1cc(Br)ccc1NC(=S)Nc1cc(C2Nc3ncccc3O2)ccn1. The Morgan fingerprint density at radius 3 is 2.74 bits per heavy atom. The van der Waals surface area contributed by atoms with Gasteiger partial charge in [0.2, 0.25) is 0 Å². The summed E-state index contributed by atoms with van der Waals surface area (Å²) < 4.78 is 48.3. The summed E-state index contributed by atoms with van der Waals surface area (Å²) in [7, 11) is 0. The summed E-state index contributed by atoms with van der Waals surface area (Å²) in [6.07, 6.45) is -2.10. The van der Waals surface area contributed by atoms with Gasteiger partial charge in [0, 0.05) is 22.4 Å². The van der Waals surface area contributed by atoms with E-state index in [2.05, 4.69) is 46.6 Å². The fourth-order valence-corrected chi connectivity index (χ4v) is 3.34. The molecule has 12 heteroatoms. The van der Waals surface area contributed by atoms with Gasteiger partial charge in [-0.1, -0.05) is 15.9 Å². The molecule has 1 aromatic carbocycles. The second kappa shape index (κ2) is 8.55. The van der Waals surface area contributed by atoms with E-state index in [0.717, 1.165) is 5.56 Å². The Hall–Kier alpha value is -3.12. The average molecular weight is 512 g/mol. The summed E-state index contributed by atoms with van der Waals surface area (Å²) in [5.74, 6) is 1.20. The van der Waals surface area contributed by atoms with Gasteiger partial charge in [-0.2, -0.15) is 0 Å². The van der Waals surface area contributed by atoms with Crippen LogP contribution in [0.1, 0.15) is 11.8 Å². The van der Waals surface area contributed by atoms with Gasteiger partial charge in [-0.3, -0.25) is 0 Å². The highest BCUT2D eigenvalue weighted by atomic mass is 79.9. The number of aromatic nitrogens is 2. The molecule has 0 spiro atoms. The van der Waals surface area contributed by atoms with E-state index in [1.54, 1.807) is 42.7 Å². The van der Waals surface area contributed by atoms with Crippen LogP contribution in [0, 0.1) is 0 Å². The third-order valence-electron chi connectivity index (χ3n) is 4.03. The highest BCUT2D eigenvalue weighted by Crippen LogP contribution is 2.36. The Balaban J connectivity index is 1.45. The monoisotopic (exact) mass is 511 g/mol. The molecule has 0 saturated heterocycles. The molecular formula is C19H13BrF3N5O2S. The molecule has 0 bridgehead atoms. The minimum Gasteiger partial charge on any atom is -0.463 e. The van der Waals surface area contributed by atoms with E-state index in [-0.39, 0.29) is 10.8 Å². The molecule has 0 saturated carbocycles. The van der Waals surface area contributed by atoms with Crippen LogP contribution in [-0.2, 0) is 0 Å². The number of rotatable bonds is 4. The molecule has 1 aliphatic rings. The Morgan fingerprint density at radius 1 is 1.13 bits per heavy atom. The fraction of sp³-hybridized carbons (Fsp3) is 0.105. The molecule has 0 radical (unpaired) electrons. The van der Waals surface area contributed by atoms with Gasteiger partial charge in [0.05, 0.1) is 5.69 Å². The summed E-state index contributed by atoms with van der Waals surface area (Å²) >= 11 is 8.34. The van der Waals surface area contributed by atoms with E-state index in [4.69, 9.17) is 17.0 Å². The maximum Gasteiger partial charge on any atom is 0.573 e. The van der Waals surface area contributed by atoms with Crippen molar-refractivity contribution in [1.82, 2.24) is 9.97 Å². The number of halogens is 4. The number of fused-ring (bicyclic) bond motifs is 1. The molecular weight excluding hydrogens is 499 g/mol. The van der Waals surface area contributed by atoms with Crippen molar-refractivity contribution in [3.63, 3.8) is 0 Å². The molecule has 1 atom stereocenters. The van der Waals surface area contributed by atoms with Crippen molar-refractivity contribution in [3.8, 4) is 11.5 Å². The van der Waals surface area contributed by atoms with Gasteiger partial charge in [-0.15, -0.1) is 13.2 Å². The van der Waals surface area contributed by atoms with Gasteiger partial charge in [0.1, 0.15) is 5.82 Å². The minimum atomic E-state index is -4.84. The van der Waals surface area contributed by atoms with Crippen molar-refractivity contribution in [3.05, 3.63) is 64.9 Å². The summed E-state index contributed by atoms with van der Waals surface area (Å²) in [6.45, 7) is 0. The van der Waals surface area contributed by atoms with Crippen molar-refractivity contribution in [2.45, 2.75) is 12.6 Å². The first-order valence-corrected chi connectivity index (χ1v) is 9.94. The third kappa shape index (κ3) is 5.33. The van der Waals surface area contributed by atoms with Crippen molar-refractivity contribution < 1.29 is 22.6 Å². The van der Waals surface area contributed by atoms with Crippen LogP contribution in [0.4, 0.5) is 30.5 Å². The molecule has 1 aliphatic heterocycles. The zero-order valence-electron chi connectivity index (χ0n) is 15.4. The average Bonchev–Trinajstić information content (AvgIpc) is 3.13. The van der Waals surface area contributed by atoms with Crippen LogP contribution in [-0.4, -0.2) is 21.4 Å². The van der Waals surface area contributed by atoms with Crippen LogP contribution in [0.3, 0.4) is 0 Å². The van der Waals surface area contributed by atoms with E-state index < -0.39 is 18.3 Å². The van der Waals surface area contributed by atoms with Crippen molar-refractivity contribution in [1.29, 1.82) is 0 Å². The first kappa shape index (κ1) is 21.1. The van der Waals surface area contributed by atoms with Crippen LogP contribution in [0.15, 0.2) is 59.3 Å². The predicted molar refractivity (Wildman–Crippen MR) is 116 cm³/mol. The van der Waals surface area contributed by atoms with Crippen LogP contribution in [0.25, 0.3) is 0 Å². The number of hydrogen-bond donors (Lipinski definition) is 3. The van der Waals surface area contributed by atoms with Gasteiger partial charge < -0.3 is 25.4 Å². The lowest BCUT2D eigenvalue weighted by Gasteiger charge is -2.16. The zero-order chi connectivity index (χ0) is 22.0. The smallest absolute Gasteiger partial charge is 0.463 e. The first-order chi connectivity index (χ1) is 14.8. The number of hydrogen-bond acceptors (Lipinski definition) is 6. The standard InChI is InChI=1S/C19H13BrF3N5O2S/c20-11-3-4-12(14(9-11)30-19(21,22)23)26-18(31)27-15-8-10(5-7-24-15)17-28-16-13(29-17)2-1-6-25-16/h1-9,17H,(H,25,28)(H2,24,26,27,31). The Morgan fingerprint density at radius 2 is 1.97 bits per heavy atom. The maximum atomic E-state index is 12.7. The van der Waals surface area contributed by atoms with E-state index in [1.807, 2.05) is 0 Å². The van der Waals surface area contributed by atoms with Crippen molar-refractivity contribution in [2.24, 2.45) is 0 Å². The number of nitrogens with zero attached hydrogens (tertiary/aromatic N) is 2. The maximum absolute atomic E-state index is 12.7. The zero-order valence-corrected chi connectivity index (χ0v) is 17.8. The molecule has 7 nitrogen and oxygen atoms in total. The molecule has 2 aromatic heterocycles. The molecule has 3 N–H and O–H groups in total. The largest absolute Gasteiger partial charge is 0.573 e. The van der Waals surface area contributed by atoms with E-state index in [0.29, 0.717) is 21.9 Å². The molecule has 0 fully saturated rings. The highest BCUT2D eigenvalue weighted by Gasteiger charge is 2.32. The second-order valence-corrected chi connectivity index (χ2v) is 7.56. The van der Waals surface area contributed by atoms with Gasteiger partial charge >= 0.3 is 6.36 Å². The summed E-state index contributed by atoms with van der Waals surface area (Å²) in [4.78, 5) is 8.38. The van der Waals surface area contributed by atoms with Crippen LogP contribution in [0.2, 0.25) is 0 Å². The van der Waals surface area contributed by atoms with Crippen LogP contribution < -0.4 is 25.4 Å². The molecule has 160 valence electrons. The normalized spacial score (nSPS) is 14.8. The lowest BCUT2D eigenvalue weighted by Crippen LogP contribution is -2.22. The third-order valence-corrected chi connectivity index (χ3v) is 4.73. The molecule has 1 unspecified atom stereocenters. The molecule has 3 aromatic rings. The minimum absolute atomic E-state index is 0.0317. The molecule has 3 heterocycles. The number of thiocarbonyl (C=S) groups is 1. The van der Waals surface area contributed by atoms with Crippen molar-refractivity contribution in [2.75, 3.05) is 16.0 Å². The van der Waals surface area contributed by atoms with Gasteiger partial charge in [-0.25, -0.2) is 9.97 Å². The Bertz CT molecular complexity index is 1110. The number of nitrogens with one attached hydrogen (secondary N) is 3. The van der Waals surface area contributed by atoms with Gasteiger partial charge in [-0.05, 0) is 54.7 Å². The van der Waals surface area contributed by atoms with E-state index in [9.17, 15) is 13.2 Å². The molecule has 4 rings (SSSR count). The Labute approximate surface area is 188 Å². The Kier molecular flexibility index (Phi) is 5.83. The molecule has 31 heavy (non-hydrogen) atoms. The number of alkyl halides is 3. The molecule has 0 amide bonds. The van der Waals surface area contributed by atoms with Gasteiger partial charge in [0.15, 0.2) is 28.7 Å². The lowest BCUT2D eigenvalue weighted by atomic mass is 10.2. The predicted octanol–water partition coefficient (Wildman–Crippen LogP) is 5.45. The van der Waals surface area contributed by atoms with E-state index >= 15 is 0 Å². The number of anilines is 3. The quantitative estimate of drug-likeness (QED) is 0.399. The topological polar surface area (TPSA) is 80.3 Å². The number of pyridine rings is 2. The molecule has 0 aliphatic carbocycles. The lowest BCUT2D eigenvalue weighted by molar-refractivity contribution is -0.274. The number of ether oxygens (including phenoxy) is 2. The summed E-state index contributed by atoms with van der Waals surface area (Å²) in [6, 6.07) is 11.2. The van der Waals surface area contributed by atoms with Gasteiger partial charge in [0.25, 0.3) is 0 Å².